The Kier molecular flexibility index (Phi) is 5.42. The number of rotatable bonds is 5. The van der Waals surface area contributed by atoms with Gasteiger partial charge in [0.1, 0.15) is 23.9 Å². The van der Waals surface area contributed by atoms with Gasteiger partial charge in [0.15, 0.2) is 11.9 Å². The molecule has 2 fully saturated rings. The summed E-state index contributed by atoms with van der Waals surface area (Å²) in [5.41, 5.74) is 2.87. The summed E-state index contributed by atoms with van der Waals surface area (Å²) in [5.74, 6) is -0.0375. The third-order valence-corrected chi connectivity index (χ3v) is 5.70. The van der Waals surface area contributed by atoms with E-state index in [-0.39, 0.29) is 30.6 Å². The summed E-state index contributed by atoms with van der Waals surface area (Å²) >= 11 is 0. The molecule has 0 aliphatic carbocycles. The van der Waals surface area contributed by atoms with Crippen LogP contribution in [0.15, 0.2) is 60.8 Å². The van der Waals surface area contributed by atoms with Gasteiger partial charge < -0.3 is 14.2 Å². The fraction of sp³-hybridized carbons (Fsp3) is 0.304. The molecule has 1 amide bonds. The summed E-state index contributed by atoms with van der Waals surface area (Å²) in [6, 6.07) is 16.3. The summed E-state index contributed by atoms with van der Waals surface area (Å²) in [4.78, 5) is 23.7. The number of amides is 1. The molecular formula is C23H22N4O5. The molecule has 164 valence electrons. The van der Waals surface area contributed by atoms with Gasteiger partial charge in [-0.2, -0.15) is 0 Å². The normalized spacial score (nSPS) is 24.2. The van der Waals surface area contributed by atoms with Gasteiger partial charge >= 0.3 is 6.09 Å². The van der Waals surface area contributed by atoms with Crippen molar-refractivity contribution in [2.75, 3.05) is 18.5 Å². The van der Waals surface area contributed by atoms with Gasteiger partial charge in [0.25, 0.3) is 0 Å². The zero-order valence-corrected chi connectivity index (χ0v) is 17.4. The first kappa shape index (κ1) is 20.3. The van der Waals surface area contributed by atoms with Gasteiger partial charge in [0.05, 0.1) is 19.4 Å². The van der Waals surface area contributed by atoms with Crippen LogP contribution in [0.2, 0.25) is 0 Å². The molecule has 32 heavy (non-hydrogen) atoms. The lowest BCUT2D eigenvalue weighted by molar-refractivity contribution is 0.00770. The molecule has 2 saturated heterocycles. The molecule has 0 bridgehead atoms. The van der Waals surface area contributed by atoms with Crippen molar-refractivity contribution in [2.45, 2.75) is 31.3 Å². The van der Waals surface area contributed by atoms with Crippen molar-refractivity contribution in [2.24, 2.45) is 0 Å². The van der Waals surface area contributed by atoms with Crippen LogP contribution in [-0.2, 0) is 14.2 Å². The lowest BCUT2D eigenvalue weighted by atomic mass is 10.1. The van der Waals surface area contributed by atoms with E-state index in [1.165, 1.54) is 6.92 Å². The molecule has 1 aromatic heterocycles. The summed E-state index contributed by atoms with van der Waals surface area (Å²) in [7, 11) is 0. The first-order valence-electron chi connectivity index (χ1n) is 10.4. The van der Waals surface area contributed by atoms with E-state index < -0.39 is 12.2 Å². The van der Waals surface area contributed by atoms with Gasteiger partial charge in [-0.15, -0.1) is 5.10 Å². The Morgan fingerprint density at radius 2 is 1.78 bits per heavy atom. The van der Waals surface area contributed by atoms with E-state index in [1.54, 1.807) is 28.9 Å². The number of Topliss-reactive ketones (excluding diaryl/α,β-unsaturated/α-hetero) is 1. The highest BCUT2D eigenvalue weighted by Gasteiger charge is 2.50. The Hall–Kier alpha value is -3.56. The number of hydrogen-bond donors (Lipinski definition) is 1. The molecule has 5 rings (SSSR count). The Bertz CT molecular complexity index is 1110. The van der Waals surface area contributed by atoms with E-state index in [4.69, 9.17) is 14.2 Å². The van der Waals surface area contributed by atoms with Crippen molar-refractivity contribution in [3.05, 3.63) is 66.4 Å². The van der Waals surface area contributed by atoms with Crippen molar-refractivity contribution in [3.63, 3.8) is 0 Å². The summed E-state index contributed by atoms with van der Waals surface area (Å²) in [5, 5.41) is 11.2. The number of benzene rings is 2. The maximum Gasteiger partial charge on any atom is 0.412 e. The zero-order valence-electron chi connectivity index (χ0n) is 17.4. The van der Waals surface area contributed by atoms with Crippen molar-refractivity contribution < 1.29 is 23.8 Å². The van der Waals surface area contributed by atoms with E-state index in [0.29, 0.717) is 17.9 Å². The van der Waals surface area contributed by atoms with Gasteiger partial charge in [-0.3, -0.25) is 10.1 Å². The number of ether oxygens (including phenoxy) is 3. The number of carbonyl (C=O) groups is 2. The lowest BCUT2D eigenvalue weighted by Crippen LogP contribution is -2.34. The smallest absolute Gasteiger partial charge is 0.412 e. The zero-order chi connectivity index (χ0) is 22.1. The predicted molar refractivity (Wildman–Crippen MR) is 114 cm³/mol. The molecule has 0 unspecified atom stereocenters. The second-order valence-electron chi connectivity index (χ2n) is 7.82. The molecule has 4 atom stereocenters. The molecule has 0 saturated carbocycles. The van der Waals surface area contributed by atoms with Gasteiger partial charge in [0, 0.05) is 16.8 Å². The van der Waals surface area contributed by atoms with Gasteiger partial charge in [-0.1, -0.05) is 35.5 Å². The SMILES string of the molecule is CC(=O)c1ccc(NC(=O)O[C@H]2CO[C@@H]3[C@@H]2OC[C@@H]3n2cc(-c3ccccc3)nn2)cc1. The Balaban J connectivity index is 1.20. The van der Waals surface area contributed by atoms with Gasteiger partial charge in [0.2, 0.25) is 0 Å². The fourth-order valence-corrected chi connectivity index (χ4v) is 4.02. The monoisotopic (exact) mass is 434 g/mol. The highest BCUT2D eigenvalue weighted by Crippen LogP contribution is 2.35. The van der Waals surface area contributed by atoms with Crippen molar-refractivity contribution in [1.29, 1.82) is 0 Å². The quantitative estimate of drug-likeness (QED) is 0.615. The summed E-state index contributed by atoms with van der Waals surface area (Å²) < 4.78 is 19.1. The number of carbonyl (C=O) groups excluding carboxylic acids is 2. The molecule has 2 aromatic carbocycles. The minimum Gasteiger partial charge on any atom is -0.441 e. The molecule has 3 aromatic rings. The molecule has 3 heterocycles. The predicted octanol–water partition coefficient (Wildman–Crippen LogP) is 3.10. The number of ketones is 1. The average molecular weight is 434 g/mol. The van der Waals surface area contributed by atoms with Crippen molar-refractivity contribution in [1.82, 2.24) is 15.0 Å². The maximum atomic E-state index is 12.3. The average Bonchev–Trinajstić information content (AvgIpc) is 3.52. The maximum absolute atomic E-state index is 12.3. The van der Waals surface area contributed by atoms with Crippen LogP contribution in [-0.4, -0.2) is 58.4 Å². The standard InChI is InChI=1S/C23H22N4O5/c1-14(28)15-7-9-17(10-8-15)24-23(29)32-20-13-31-21-19(12-30-22(20)21)27-11-18(25-26-27)16-5-3-2-4-6-16/h2-11,19-22H,12-13H2,1H3,(H,24,29)/t19-,20-,21-,22+/m0/s1. The molecule has 2 aliphatic rings. The summed E-state index contributed by atoms with van der Waals surface area (Å²) in [6.07, 6.45) is 0.0801. The van der Waals surface area contributed by atoms with Gasteiger partial charge in [-0.05, 0) is 31.2 Å². The number of hydrogen-bond acceptors (Lipinski definition) is 7. The van der Waals surface area contributed by atoms with Crippen molar-refractivity contribution in [3.8, 4) is 11.3 Å². The molecule has 2 aliphatic heterocycles. The van der Waals surface area contributed by atoms with Crippen LogP contribution >= 0.6 is 0 Å². The Morgan fingerprint density at radius 3 is 2.53 bits per heavy atom. The third kappa shape index (κ3) is 4.00. The number of nitrogens with one attached hydrogen (secondary N) is 1. The highest BCUT2D eigenvalue weighted by atomic mass is 16.6. The Morgan fingerprint density at radius 1 is 1.03 bits per heavy atom. The minimum atomic E-state index is -0.603. The van der Waals surface area contributed by atoms with Crippen LogP contribution in [0.5, 0.6) is 0 Å². The van der Waals surface area contributed by atoms with Crippen molar-refractivity contribution >= 4 is 17.6 Å². The number of nitrogens with zero attached hydrogens (tertiary/aromatic N) is 3. The van der Waals surface area contributed by atoms with Crippen LogP contribution < -0.4 is 5.32 Å². The molecule has 9 nitrogen and oxygen atoms in total. The number of fused-ring (bicyclic) bond motifs is 1. The van der Waals surface area contributed by atoms with E-state index in [0.717, 1.165) is 11.3 Å². The van der Waals surface area contributed by atoms with E-state index in [2.05, 4.69) is 15.6 Å². The highest BCUT2D eigenvalue weighted by molar-refractivity contribution is 5.95. The molecule has 9 heteroatoms. The first-order chi connectivity index (χ1) is 15.6. The van der Waals surface area contributed by atoms with E-state index >= 15 is 0 Å². The van der Waals surface area contributed by atoms with E-state index in [1.807, 2.05) is 36.5 Å². The molecular weight excluding hydrogens is 412 g/mol. The van der Waals surface area contributed by atoms with E-state index in [9.17, 15) is 9.59 Å². The van der Waals surface area contributed by atoms with Crippen LogP contribution in [0, 0.1) is 0 Å². The number of aromatic nitrogens is 3. The molecule has 0 radical (unpaired) electrons. The van der Waals surface area contributed by atoms with Crippen LogP contribution in [0.25, 0.3) is 11.3 Å². The van der Waals surface area contributed by atoms with Crippen LogP contribution in [0.1, 0.15) is 23.3 Å². The van der Waals surface area contributed by atoms with Crippen LogP contribution in [0.3, 0.4) is 0 Å². The Labute approximate surface area is 184 Å². The first-order valence-corrected chi connectivity index (χ1v) is 10.4. The van der Waals surface area contributed by atoms with Crippen LogP contribution in [0.4, 0.5) is 10.5 Å². The number of anilines is 1. The minimum absolute atomic E-state index is 0.0375. The topological polar surface area (TPSA) is 105 Å². The summed E-state index contributed by atoms with van der Waals surface area (Å²) in [6.45, 7) is 2.12. The lowest BCUT2D eigenvalue weighted by Gasteiger charge is -2.17. The fourth-order valence-electron chi connectivity index (χ4n) is 4.02. The second-order valence-corrected chi connectivity index (χ2v) is 7.82. The second kappa shape index (κ2) is 8.52. The largest absolute Gasteiger partial charge is 0.441 e. The molecule has 1 N–H and O–H groups in total. The third-order valence-electron chi connectivity index (χ3n) is 5.70. The van der Waals surface area contributed by atoms with Gasteiger partial charge in [-0.25, -0.2) is 9.48 Å². The molecule has 0 spiro atoms.